The summed E-state index contributed by atoms with van der Waals surface area (Å²) in [4.78, 5) is 48.0. The topological polar surface area (TPSA) is 142 Å². The average Bonchev–Trinajstić information content (AvgIpc) is 3.27. The van der Waals surface area contributed by atoms with Gasteiger partial charge in [-0.25, -0.2) is 5.43 Å². The van der Waals surface area contributed by atoms with E-state index in [4.69, 9.17) is 16.0 Å². The number of amides is 4. The normalized spacial score (nSPS) is 10.6. The first kappa shape index (κ1) is 25.2. The van der Waals surface area contributed by atoms with Crippen LogP contribution in [0.3, 0.4) is 0 Å². The molecule has 1 aromatic heterocycles. The van der Waals surface area contributed by atoms with Crippen LogP contribution >= 0.6 is 11.6 Å². The maximum atomic E-state index is 12.1. The Kier molecular flexibility index (Phi) is 8.36. The quantitative estimate of drug-likeness (QED) is 0.236. The van der Waals surface area contributed by atoms with Crippen LogP contribution in [0, 0.1) is 13.8 Å². The first-order valence-corrected chi connectivity index (χ1v) is 10.7. The lowest BCUT2D eigenvalue weighted by molar-refractivity contribution is -0.136. The molecule has 3 aromatic rings. The largest absolute Gasteiger partial charge is 0.458 e. The zero-order valence-corrected chi connectivity index (χ0v) is 19.6. The molecule has 0 unspecified atom stereocenters. The molecule has 0 aliphatic rings. The van der Waals surface area contributed by atoms with Gasteiger partial charge in [0.2, 0.25) is 0 Å². The zero-order valence-electron chi connectivity index (χ0n) is 18.8. The molecule has 10 nitrogen and oxygen atoms in total. The summed E-state index contributed by atoms with van der Waals surface area (Å²) < 4.78 is 5.45. The van der Waals surface area contributed by atoms with Crippen molar-refractivity contribution in [2.75, 3.05) is 10.6 Å². The number of nitrogens with one attached hydrogen (secondary N) is 4. The third kappa shape index (κ3) is 7.54. The van der Waals surface area contributed by atoms with E-state index in [1.165, 1.54) is 12.3 Å². The smallest absolute Gasteiger partial charge is 0.329 e. The number of benzene rings is 2. The Hall–Kier alpha value is -4.44. The maximum absolute atomic E-state index is 12.1. The average molecular weight is 496 g/mol. The van der Waals surface area contributed by atoms with E-state index in [1.807, 2.05) is 26.0 Å². The summed E-state index contributed by atoms with van der Waals surface area (Å²) in [6.45, 7) is 3.63. The van der Waals surface area contributed by atoms with Crippen molar-refractivity contribution < 1.29 is 23.6 Å². The van der Waals surface area contributed by atoms with E-state index in [1.54, 1.807) is 36.4 Å². The Labute approximate surface area is 205 Å². The van der Waals surface area contributed by atoms with Crippen molar-refractivity contribution in [3.8, 4) is 0 Å². The van der Waals surface area contributed by atoms with Crippen LogP contribution < -0.4 is 21.4 Å². The fourth-order valence-electron chi connectivity index (χ4n) is 2.82. The van der Waals surface area contributed by atoms with E-state index in [9.17, 15) is 19.2 Å². The van der Waals surface area contributed by atoms with E-state index in [0.29, 0.717) is 22.2 Å². The lowest BCUT2D eigenvalue weighted by atomic mass is 10.1. The van der Waals surface area contributed by atoms with E-state index in [0.717, 1.165) is 11.1 Å². The Bertz CT molecular complexity index is 1300. The van der Waals surface area contributed by atoms with Gasteiger partial charge in [0.1, 0.15) is 11.5 Å². The van der Waals surface area contributed by atoms with Gasteiger partial charge in [0.15, 0.2) is 0 Å². The molecular weight excluding hydrogens is 474 g/mol. The number of halogens is 1. The second-order valence-electron chi connectivity index (χ2n) is 7.42. The van der Waals surface area contributed by atoms with Crippen molar-refractivity contribution in [2.45, 2.75) is 20.4 Å². The molecule has 0 spiro atoms. The van der Waals surface area contributed by atoms with Gasteiger partial charge in [-0.15, -0.1) is 0 Å². The fourth-order valence-corrected chi connectivity index (χ4v) is 3.01. The molecule has 0 aliphatic heterocycles. The lowest BCUT2D eigenvalue weighted by Gasteiger charge is -2.08. The summed E-state index contributed by atoms with van der Waals surface area (Å²) in [5, 5.41) is 11.5. The highest BCUT2D eigenvalue weighted by Gasteiger charge is 2.15. The maximum Gasteiger partial charge on any atom is 0.329 e. The second-order valence-corrected chi connectivity index (χ2v) is 7.86. The van der Waals surface area contributed by atoms with Gasteiger partial charge in [-0.2, -0.15) is 5.10 Å². The third-order valence-corrected chi connectivity index (χ3v) is 4.83. The van der Waals surface area contributed by atoms with Crippen LogP contribution in [0.1, 0.15) is 22.6 Å². The van der Waals surface area contributed by atoms with Gasteiger partial charge in [-0.3, -0.25) is 19.2 Å². The van der Waals surface area contributed by atoms with Gasteiger partial charge in [-0.1, -0.05) is 29.8 Å². The van der Waals surface area contributed by atoms with Crippen molar-refractivity contribution >= 4 is 52.8 Å². The summed E-state index contributed by atoms with van der Waals surface area (Å²) in [5.41, 5.74) is 4.79. The standard InChI is InChI=1S/C24H22ClN5O5/c1-14-6-7-15(2)20(10-14)29-23(33)24(34)30-27-13-19-9-8-18(35-19)12-26-21(31)22(32)28-17-5-3-4-16(25)11-17/h3-11,13H,12H2,1-2H3,(H,26,31)(H,28,32)(H,29,33)(H,30,34)/b27-13+. The fraction of sp³-hybridized carbons (Fsp3) is 0.125. The summed E-state index contributed by atoms with van der Waals surface area (Å²) >= 11 is 5.85. The molecule has 3 rings (SSSR count). The van der Waals surface area contributed by atoms with Crippen LogP contribution in [-0.4, -0.2) is 29.8 Å². The number of nitrogens with zero attached hydrogens (tertiary/aromatic N) is 1. The molecule has 4 N–H and O–H groups in total. The van der Waals surface area contributed by atoms with Crippen molar-refractivity contribution in [1.29, 1.82) is 0 Å². The van der Waals surface area contributed by atoms with Crippen molar-refractivity contribution in [1.82, 2.24) is 10.7 Å². The van der Waals surface area contributed by atoms with Gasteiger partial charge < -0.3 is 20.4 Å². The van der Waals surface area contributed by atoms with E-state index < -0.39 is 23.6 Å². The molecule has 2 aromatic carbocycles. The molecule has 0 fully saturated rings. The molecule has 35 heavy (non-hydrogen) atoms. The first-order valence-electron chi connectivity index (χ1n) is 10.4. The molecule has 0 atom stereocenters. The number of hydrazone groups is 1. The van der Waals surface area contributed by atoms with Crippen LogP contribution in [0.2, 0.25) is 5.02 Å². The molecule has 11 heteroatoms. The predicted octanol–water partition coefficient (Wildman–Crippen LogP) is 2.89. The molecule has 0 bridgehead atoms. The number of carbonyl (C=O) groups excluding carboxylic acids is 4. The minimum absolute atomic E-state index is 0.0553. The summed E-state index contributed by atoms with van der Waals surface area (Å²) in [5.74, 6) is -2.94. The Morgan fingerprint density at radius 2 is 1.69 bits per heavy atom. The number of hydrogen-bond donors (Lipinski definition) is 4. The van der Waals surface area contributed by atoms with E-state index in [-0.39, 0.29) is 12.3 Å². The van der Waals surface area contributed by atoms with Crippen LogP contribution in [0.15, 0.2) is 64.1 Å². The molecule has 0 radical (unpaired) electrons. The molecule has 180 valence electrons. The SMILES string of the molecule is Cc1ccc(C)c(NC(=O)C(=O)N/N=C/c2ccc(CNC(=O)C(=O)Nc3cccc(Cl)c3)o2)c1. The van der Waals surface area contributed by atoms with Gasteiger partial charge in [0.25, 0.3) is 0 Å². The molecule has 1 heterocycles. The van der Waals surface area contributed by atoms with Gasteiger partial charge in [0, 0.05) is 16.4 Å². The zero-order chi connectivity index (χ0) is 25.4. The lowest BCUT2D eigenvalue weighted by Crippen LogP contribution is -2.34. The van der Waals surface area contributed by atoms with Crippen LogP contribution in [0.5, 0.6) is 0 Å². The van der Waals surface area contributed by atoms with Gasteiger partial charge in [0.05, 0.1) is 12.8 Å². The number of aryl methyl sites for hydroxylation is 2. The molecule has 0 saturated heterocycles. The minimum atomic E-state index is -0.952. The predicted molar refractivity (Wildman–Crippen MR) is 131 cm³/mol. The van der Waals surface area contributed by atoms with E-state index >= 15 is 0 Å². The highest BCUT2D eigenvalue weighted by molar-refractivity contribution is 6.40. The molecule has 0 saturated carbocycles. The number of rotatable bonds is 6. The van der Waals surface area contributed by atoms with Crippen molar-refractivity contribution in [3.63, 3.8) is 0 Å². The highest BCUT2D eigenvalue weighted by atomic mass is 35.5. The van der Waals surface area contributed by atoms with Crippen LogP contribution in [0.4, 0.5) is 11.4 Å². The van der Waals surface area contributed by atoms with E-state index in [2.05, 4.69) is 26.5 Å². The third-order valence-electron chi connectivity index (χ3n) is 4.60. The van der Waals surface area contributed by atoms with Crippen molar-refractivity contribution in [3.05, 3.63) is 82.3 Å². The molecule has 0 aliphatic carbocycles. The summed E-state index contributed by atoms with van der Waals surface area (Å²) in [6.07, 6.45) is 1.19. The number of hydrogen-bond acceptors (Lipinski definition) is 6. The summed E-state index contributed by atoms with van der Waals surface area (Å²) in [6, 6.07) is 15.0. The second kappa shape index (κ2) is 11.6. The number of furan rings is 1. The van der Waals surface area contributed by atoms with Crippen LogP contribution in [0.25, 0.3) is 0 Å². The highest BCUT2D eigenvalue weighted by Crippen LogP contribution is 2.16. The van der Waals surface area contributed by atoms with Crippen molar-refractivity contribution in [2.24, 2.45) is 5.10 Å². The number of carbonyl (C=O) groups is 4. The Morgan fingerprint density at radius 3 is 2.46 bits per heavy atom. The minimum Gasteiger partial charge on any atom is -0.458 e. The summed E-state index contributed by atoms with van der Waals surface area (Å²) in [7, 11) is 0. The Balaban J connectivity index is 1.45. The Morgan fingerprint density at radius 1 is 0.914 bits per heavy atom. The van der Waals surface area contributed by atoms with Gasteiger partial charge >= 0.3 is 23.6 Å². The molecular formula is C24H22ClN5O5. The molecule has 4 amide bonds. The first-order chi connectivity index (χ1) is 16.7. The van der Waals surface area contributed by atoms with Gasteiger partial charge in [-0.05, 0) is 61.4 Å². The monoisotopic (exact) mass is 495 g/mol. The van der Waals surface area contributed by atoms with Crippen LogP contribution in [-0.2, 0) is 25.7 Å². The number of anilines is 2.